The minimum atomic E-state index is -1.09. The van der Waals surface area contributed by atoms with E-state index in [1.165, 1.54) is 0 Å². The van der Waals surface area contributed by atoms with Gasteiger partial charge in [0, 0.05) is 12.6 Å². The van der Waals surface area contributed by atoms with Gasteiger partial charge in [0.1, 0.15) is 17.7 Å². The average Bonchev–Trinajstić information content (AvgIpc) is 2.80. The lowest BCUT2D eigenvalue weighted by molar-refractivity contribution is -0.139. The van der Waals surface area contributed by atoms with Gasteiger partial charge >= 0.3 is 6.09 Å². The first-order valence-corrected chi connectivity index (χ1v) is 12.0. The van der Waals surface area contributed by atoms with Crippen molar-refractivity contribution >= 4 is 17.9 Å². The lowest BCUT2D eigenvalue weighted by atomic mass is 9.95. The molecule has 0 bridgehead atoms. The van der Waals surface area contributed by atoms with Crippen molar-refractivity contribution < 1.29 is 19.1 Å². The maximum absolute atomic E-state index is 13.7. The Hall–Kier alpha value is -3.79. The van der Waals surface area contributed by atoms with Gasteiger partial charge in [0.15, 0.2) is 0 Å². The van der Waals surface area contributed by atoms with Crippen LogP contribution in [0.2, 0.25) is 0 Å². The second-order valence-electron chi connectivity index (χ2n) is 10.2. The molecule has 0 spiro atoms. The second-order valence-corrected chi connectivity index (χ2v) is 10.2. The third-order valence-corrected chi connectivity index (χ3v) is 5.53. The fourth-order valence-electron chi connectivity index (χ4n) is 3.70. The molecule has 2 atom stereocenters. The van der Waals surface area contributed by atoms with Crippen LogP contribution in [0.15, 0.2) is 48.5 Å². The van der Waals surface area contributed by atoms with Gasteiger partial charge in [-0.1, -0.05) is 74.4 Å². The Kier molecular flexibility index (Phi) is 9.68. The normalized spacial score (nSPS) is 12.8. The number of carbonyl (C=O) groups is 3. The summed E-state index contributed by atoms with van der Waals surface area (Å²) in [6, 6.07) is 15.5. The largest absolute Gasteiger partial charge is 0.444 e. The van der Waals surface area contributed by atoms with Crippen molar-refractivity contribution in [1.82, 2.24) is 15.5 Å². The molecule has 0 aliphatic heterocycles. The molecule has 0 aliphatic carbocycles. The highest BCUT2D eigenvalue weighted by Gasteiger charge is 2.37. The van der Waals surface area contributed by atoms with E-state index >= 15 is 0 Å². The molecule has 2 unspecified atom stereocenters. The van der Waals surface area contributed by atoms with Crippen LogP contribution in [-0.4, -0.2) is 34.5 Å². The Labute approximate surface area is 214 Å². The van der Waals surface area contributed by atoms with E-state index in [2.05, 4.69) is 16.7 Å². The maximum atomic E-state index is 13.7. The smallest absolute Gasteiger partial charge is 0.408 e. The molecule has 36 heavy (non-hydrogen) atoms. The number of rotatable bonds is 8. The topological polar surface area (TPSA) is 87.7 Å². The van der Waals surface area contributed by atoms with Crippen molar-refractivity contribution in [2.24, 2.45) is 5.92 Å². The van der Waals surface area contributed by atoms with Gasteiger partial charge in [0.2, 0.25) is 5.91 Å². The van der Waals surface area contributed by atoms with Gasteiger partial charge in [-0.05, 0) is 57.2 Å². The number of hydrogen-bond acceptors (Lipinski definition) is 4. The number of ether oxygens (including phenoxy) is 1. The lowest BCUT2D eigenvalue weighted by Crippen LogP contribution is -2.53. The monoisotopic (exact) mass is 491 g/mol. The molecule has 192 valence electrons. The summed E-state index contributed by atoms with van der Waals surface area (Å²) in [7, 11) is 0. The van der Waals surface area contributed by atoms with E-state index in [1.54, 1.807) is 34.6 Å². The minimum absolute atomic E-state index is 0.275. The molecule has 0 fully saturated rings. The molecule has 2 aromatic carbocycles. The third-order valence-electron chi connectivity index (χ3n) is 5.53. The number of alkyl carbamates (subject to hydrolysis) is 1. The predicted octanol–water partition coefficient (Wildman–Crippen LogP) is 4.63. The molecule has 0 radical (unpaired) electrons. The van der Waals surface area contributed by atoms with Crippen LogP contribution in [0, 0.1) is 32.2 Å². The Morgan fingerprint density at radius 1 is 1.06 bits per heavy atom. The second kappa shape index (κ2) is 12.3. The van der Waals surface area contributed by atoms with Crippen molar-refractivity contribution in [3.63, 3.8) is 0 Å². The minimum Gasteiger partial charge on any atom is -0.444 e. The van der Waals surface area contributed by atoms with Gasteiger partial charge in [-0.25, -0.2) is 4.79 Å². The number of benzene rings is 2. The van der Waals surface area contributed by atoms with E-state index in [0.29, 0.717) is 5.56 Å². The Bertz CT molecular complexity index is 1110. The molecule has 7 heteroatoms. The van der Waals surface area contributed by atoms with Gasteiger partial charge < -0.3 is 15.4 Å². The van der Waals surface area contributed by atoms with Gasteiger partial charge in [0.05, 0.1) is 0 Å². The van der Waals surface area contributed by atoms with E-state index in [1.807, 2.05) is 62.4 Å². The number of nitrogens with one attached hydrogen (secondary N) is 2. The van der Waals surface area contributed by atoms with E-state index in [-0.39, 0.29) is 12.5 Å². The molecule has 0 heterocycles. The molecule has 0 aliphatic rings. The van der Waals surface area contributed by atoms with Crippen molar-refractivity contribution in [2.75, 3.05) is 0 Å². The first-order valence-electron chi connectivity index (χ1n) is 12.0. The number of nitrogens with zero attached hydrogens (tertiary/aromatic N) is 1. The van der Waals surface area contributed by atoms with Crippen LogP contribution in [0.5, 0.6) is 0 Å². The fraction of sp³-hybridized carbons (Fsp3) is 0.414. The van der Waals surface area contributed by atoms with E-state index in [9.17, 15) is 14.4 Å². The number of hydrogen-bond donors (Lipinski definition) is 2. The van der Waals surface area contributed by atoms with Crippen molar-refractivity contribution in [3.05, 3.63) is 70.8 Å². The van der Waals surface area contributed by atoms with Crippen LogP contribution in [-0.2, 0) is 20.9 Å². The first-order chi connectivity index (χ1) is 16.8. The number of carbonyl (C=O) groups excluding carboxylic acids is 3. The standard InChI is InChI=1S/C29H37N3O4/c1-9-32(27(34)24(19(2)3)31-28(35)36-29(6,7)8)25(23-17-20(4)15-16-21(23)5)26(33)30-18-22-13-11-10-12-14-22/h1,10-17,19,24-25H,18H2,2-8H3,(H,30,33)(H,31,35). The van der Waals surface area contributed by atoms with Crippen LogP contribution in [0.4, 0.5) is 4.79 Å². The highest BCUT2D eigenvalue weighted by atomic mass is 16.6. The molecule has 2 aromatic rings. The number of amides is 3. The molecule has 3 amide bonds. The van der Waals surface area contributed by atoms with E-state index in [4.69, 9.17) is 11.2 Å². The summed E-state index contributed by atoms with van der Waals surface area (Å²) in [5.74, 6) is -1.30. The summed E-state index contributed by atoms with van der Waals surface area (Å²) in [5, 5.41) is 5.55. The van der Waals surface area contributed by atoms with Crippen LogP contribution in [0.3, 0.4) is 0 Å². The van der Waals surface area contributed by atoms with Crippen LogP contribution < -0.4 is 10.6 Å². The predicted molar refractivity (Wildman–Crippen MR) is 141 cm³/mol. The van der Waals surface area contributed by atoms with Gasteiger partial charge in [-0.3, -0.25) is 14.5 Å². The quantitative estimate of drug-likeness (QED) is 0.416. The molecular formula is C29H37N3O4. The number of terminal acetylenes is 1. The van der Waals surface area contributed by atoms with Gasteiger partial charge in [0.25, 0.3) is 5.91 Å². The highest BCUT2D eigenvalue weighted by molar-refractivity contribution is 5.93. The zero-order valence-corrected chi connectivity index (χ0v) is 22.2. The fourth-order valence-corrected chi connectivity index (χ4v) is 3.70. The zero-order valence-electron chi connectivity index (χ0n) is 22.2. The van der Waals surface area contributed by atoms with Crippen molar-refractivity contribution in [3.8, 4) is 12.5 Å². The average molecular weight is 492 g/mol. The molecule has 0 saturated carbocycles. The molecule has 0 saturated heterocycles. The molecular weight excluding hydrogens is 454 g/mol. The molecule has 2 N–H and O–H groups in total. The Balaban J connectivity index is 2.43. The molecule has 7 nitrogen and oxygen atoms in total. The summed E-state index contributed by atoms with van der Waals surface area (Å²) >= 11 is 0. The van der Waals surface area contributed by atoms with Crippen molar-refractivity contribution in [1.29, 1.82) is 0 Å². The summed E-state index contributed by atoms with van der Waals surface area (Å²) < 4.78 is 5.35. The molecule has 2 rings (SSSR count). The van der Waals surface area contributed by atoms with E-state index in [0.717, 1.165) is 21.6 Å². The first kappa shape index (κ1) is 28.4. The Morgan fingerprint density at radius 2 is 1.69 bits per heavy atom. The lowest BCUT2D eigenvalue weighted by Gasteiger charge is -2.32. The Morgan fingerprint density at radius 3 is 2.25 bits per heavy atom. The summed E-state index contributed by atoms with van der Waals surface area (Å²) in [4.78, 5) is 40.9. The molecule has 0 aromatic heterocycles. The van der Waals surface area contributed by atoms with Crippen molar-refractivity contribution in [2.45, 2.75) is 72.7 Å². The summed E-state index contributed by atoms with van der Waals surface area (Å²) in [6.45, 7) is 12.8. The number of aryl methyl sites for hydroxylation is 2. The summed E-state index contributed by atoms with van der Waals surface area (Å²) in [6.07, 6.45) is 5.11. The van der Waals surface area contributed by atoms with E-state index < -0.39 is 35.6 Å². The van der Waals surface area contributed by atoms with Gasteiger partial charge in [-0.15, -0.1) is 0 Å². The maximum Gasteiger partial charge on any atom is 0.408 e. The third kappa shape index (κ3) is 7.88. The van der Waals surface area contributed by atoms with Crippen LogP contribution in [0.25, 0.3) is 0 Å². The summed E-state index contributed by atoms with van der Waals surface area (Å²) in [5.41, 5.74) is 2.53. The SMILES string of the molecule is C#CN(C(=O)C(NC(=O)OC(C)(C)C)C(C)C)C(C(=O)NCc1ccccc1)c1cc(C)ccc1C. The van der Waals surface area contributed by atoms with Crippen LogP contribution >= 0.6 is 0 Å². The van der Waals surface area contributed by atoms with Crippen LogP contribution in [0.1, 0.15) is 62.9 Å². The zero-order chi connectivity index (χ0) is 27.0. The highest BCUT2D eigenvalue weighted by Crippen LogP contribution is 2.27. The van der Waals surface area contributed by atoms with Gasteiger partial charge in [-0.2, -0.15) is 0 Å².